The normalized spacial score (nSPS) is 12.4. The van der Waals surface area contributed by atoms with E-state index in [2.05, 4.69) is 19.2 Å². The van der Waals surface area contributed by atoms with Gasteiger partial charge in [-0.3, -0.25) is 4.79 Å². The number of hydrogen-bond acceptors (Lipinski definition) is 4. The molecule has 0 aliphatic heterocycles. The van der Waals surface area contributed by atoms with Crippen LogP contribution in [0.4, 0.5) is 4.39 Å². The minimum absolute atomic E-state index is 0.0889. The Morgan fingerprint density at radius 1 is 1.35 bits per heavy atom. The van der Waals surface area contributed by atoms with Crippen molar-refractivity contribution in [2.45, 2.75) is 32.9 Å². The molecule has 0 radical (unpaired) electrons. The SMILES string of the molecule is COCCOCc1cc(C(=O)NC(CN)CC(C)C)ccc1F. The molecular formula is C17H27FN2O3. The van der Waals surface area contributed by atoms with Gasteiger partial charge in [-0.15, -0.1) is 0 Å². The fraction of sp³-hybridized carbons (Fsp3) is 0.588. The zero-order chi connectivity index (χ0) is 17.2. The first-order valence-corrected chi connectivity index (χ1v) is 7.84. The number of hydrogen-bond donors (Lipinski definition) is 2. The van der Waals surface area contributed by atoms with E-state index in [4.69, 9.17) is 15.2 Å². The molecule has 0 aliphatic carbocycles. The van der Waals surface area contributed by atoms with E-state index in [0.29, 0.717) is 36.8 Å². The predicted octanol–water partition coefficient (Wildman–Crippen LogP) is 2.09. The van der Waals surface area contributed by atoms with Crippen LogP contribution < -0.4 is 11.1 Å². The minimum Gasteiger partial charge on any atom is -0.382 e. The Balaban J connectivity index is 2.69. The molecule has 0 aliphatic rings. The molecule has 0 fully saturated rings. The Hall–Kier alpha value is -1.50. The summed E-state index contributed by atoms with van der Waals surface area (Å²) in [5.41, 5.74) is 6.44. The van der Waals surface area contributed by atoms with Crippen LogP contribution in [0, 0.1) is 11.7 Å². The highest BCUT2D eigenvalue weighted by molar-refractivity contribution is 5.94. The number of methoxy groups -OCH3 is 1. The molecule has 23 heavy (non-hydrogen) atoms. The van der Waals surface area contributed by atoms with Crippen molar-refractivity contribution in [3.63, 3.8) is 0 Å². The summed E-state index contributed by atoms with van der Waals surface area (Å²) in [7, 11) is 1.57. The fourth-order valence-electron chi connectivity index (χ4n) is 2.20. The van der Waals surface area contributed by atoms with Crippen LogP contribution in [-0.4, -0.2) is 38.8 Å². The Morgan fingerprint density at radius 2 is 2.09 bits per heavy atom. The summed E-state index contributed by atoms with van der Waals surface area (Å²) in [6.07, 6.45) is 0.802. The van der Waals surface area contributed by atoms with Crippen molar-refractivity contribution in [1.82, 2.24) is 5.32 Å². The van der Waals surface area contributed by atoms with Crippen molar-refractivity contribution in [3.8, 4) is 0 Å². The zero-order valence-corrected chi connectivity index (χ0v) is 14.1. The summed E-state index contributed by atoms with van der Waals surface area (Å²) in [5.74, 6) is -0.211. The van der Waals surface area contributed by atoms with E-state index in [0.717, 1.165) is 6.42 Å². The average molecular weight is 326 g/mol. The number of carbonyl (C=O) groups excluding carboxylic acids is 1. The van der Waals surface area contributed by atoms with Crippen molar-refractivity contribution < 1.29 is 18.7 Å². The van der Waals surface area contributed by atoms with Crippen LogP contribution in [0.2, 0.25) is 0 Å². The first kappa shape index (κ1) is 19.5. The maximum Gasteiger partial charge on any atom is 0.251 e. The Bertz CT molecular complexity index is 495. The molecule has 1 atom stereocenters. The molecular weight excluding hydrogens is 299 g/mol. The molecule has 1 aromatic carbocycles. The molecule has 5 nitrogen and oxygen atoms in total. The van der Waals surface area contributed by atoms with Crippen LogP contribution in [0.25, 0.3) is 0 Å². The van der Waals surface area contributed by atoms with Crippen LogP contribution in [0.1, 0.15) is 36.2 Å². The molecule has 6 heteroatoms. The Labute approximate surface area is 137 Å². The summed E-state index contributed by atoms with van der Waals surface area (Å²) in [6.45, 7) is 5.43. The standard InChI is InChI=1S/C17H27FN2O3/c1-12(2)8-15(10-19)20-17(21)13-4-5-16(18)14(9-13)11-23-7-6-22-3/h4-5,9,12,15H,6-8,10-11,19H2,1-3H3,(H,20,21). The molecule has 1 rings (SSSR count). The summed E-state index contributed by atoms with van der Waals surface area (Å²) in [5, 5.41) is 2.89. The van der Waals surface area contributed by atoms with Gasteiger partial charge in [0.1, 0.15) is 5.82 Å². The van der Waals surface area contributed by atoms with E-state index in [-0.39, 0.29) is 18.6 Å². The van der Waals surface area contributed by atoms with Gasteiger partial charge in [-0.2, -0.15) is 0 Å². The Kier molecular flexibility index (Phi) is 8.76. The number of amides is 1. The highest BCUT2D eigenvalue weighted by atomic mass is 19.1. The van der Waals surface area contributed by atoms with Crippen molar-refractivity contribution in [2.24, 2.45) is 11.7 Å². The lowest BCUT2D eigenvalue weighted by atomic mass is 10.0. The molecule has 3 N–H and O–H groups in total. The van der Waals surface area contributed by atoms with Crippen molar-refractivity contribution >= 4 is 5.91 Å². The van der Waals surface area contributed by atoms with Gasteiger partial charge in [0.15, 0.2) is 0 Å². The third-order valence-electron chi connectivity index (χ3n) is 3.37. The molecule has 1 aromatic rings. The number of rotatable bonds is 10. The van der Waals surface area contributed by atoms with Gasteiger partial charge in [0.2, 0.25) is 0 Å². The Morgan fingerprint density at radius 3 is 2.70 bits per heavy atom. The van der Waals surface area contributed by atoms with Gasteiger partial charge in [0, 0.05) is 30.8 Å². The van der Waals surface area contributed by atoms with E-state index >= 15 is 0 Å². The summed E-state index contributed by atoms with van der Waals surface area (Å²) >= 11 is 0. The predicted molar refractivity (Wildman–Crippen MR) is 87.7 cm³/mol. The van der Waals surface area contributed by atoms with E-state index < -0.39 is 5.82 Å². The maximum atomic E-state index is 13.8. The number of halogens is 1. The van der Waals surface area contributed by atoms with Gasteiger partial charge < -0.3 is 20.5 Å². The van der Waals surface area contributed by atoms with Gasteiger partial charge >= 0.3 is 0 Å². The van der Waals surface area contributed by atoms with E-state index in [9.17, 15) is 9.18 Å². The second-order valence-electron chi connectivity index (χ2n) is 5.89. The zero-order valence-electron chi connectivity index (χ0n) is 14.1. The second-order valence-corrected chi connectivity index (χ2v) is 5.89. The molecule has 0 saturated carbocycles. The topological polar surface area (TPSA) is 73.6 Å². The van der Waals surface area contributed by atoms with E-state index in [1.807, 2.05) is 0 Å². The van der Waals surface area contributed by atoms with Gasteiger partial charge in [-0.1, -0.05) is 13.8 Å². The largest absolute Gasteiger partial charge is 0.382 e. The lowest BCUT2D eigenvalue weighted by molar-refractivity contribution is 0.0603. The number of benzene rings is 1. The van der Waals surface area contributed by atoms with E-state index in [1.54, 1.807) is 7.11 Å². The molecule has 130 valence electrons. The van der Waals surface area contributed by atoms with Crippen LogP contribution in [0.5, 0.6) is 0 Å². The van der Waals surface area contributed by atoms with E-state index in [1.165, 1.54) is 18.2 Å². The highest BCUT2D eigenvalue weighted by Gasteiger charge is 2.15. The van der Waals surface area contributed by atoms with Crippen LogP contribution in [0.15, 0.2) is 18.2 Å². The van der Waals surface area contributed by atoms with Crippen molar-refractivity contribution in [1.29, 1.82) is 0 Å². The van der Waals surface area contributed by atoms with Gasteiger partial charge in [-0.05, 0) is 30.5 Å². The third kappa shape index (κ3) is 7.07. The molecule has 1 amide bonds. The number of carbonyl (C=O) groups is 1. The fourth-order valence-corrected chi connectivity index (χ4v) is 2.20. The first-order chi connectivity index (χ1) is 11.0. The summed E-state index contributed by atoms with van der Waals surface area (Å²) in [6, 6.07) is 4.17. The third-order valence-corrected chi connectivity index (χ3v) is 3.37. The molecule has 0 aromatic heterocycles. The quantitative estimate of drug-likeness (QED) is 0.646. The van der Waals surface area contributed by atoms with Crippen LogP contribution >= 0.6 is 0 Å². The van der Waals surface area contributed by atoms with Crippen molar-refractivity contribution in [2.75, 3.05) is 26.9 Å². The first-order valence-electron chi connectivity index (χ1n) is 7.84. The molecule has 0 bridgehead atoms. The lowest BCUT2D eigenvalue weighted by Gasteiger charge is -2.19. The summed E-state index contributed by atoms with van der Waals surface area (Å²) in [4.78, 5) is 12.3. The molecule has 1 unspecified atom stereocenters. The smallest absolute Gasteiger partial charge is 0.251 e. The van der Waals surface area contributed by atoms with Crippen LogP contribution in [0.3, 0.4) is 0 Å². The highest BCUT2D eigenvalue weighted by Crippen LogP contribution is 2.13. The lowest BCUT2D eigenvalue weighted by Crippen LogP contribution is -2.41. The summed E-state index contributed by atoms with van der Waals surface area (Å²) < 4.78 is 24.0. The van der Waals surface area contributed by atoms with Gasteiger partial charge in [0.25, 0.3) is 5.91 Å². The average Bonchev–Trinajstić information content (AvgIpc) is 2.51. The van der Waals surface area contributed by atoms with Crippen LogP contribution in [-0.2, 0) is 16.1 Å². The second kappa shape index (κ2) is 10.3. The number of nitrogens with two attached hydrogens (primary N) is 1. The molecule has 0 spiro atoms. The maximum absolute atomic E-state index is 13.8. The van der Waals surface area contributed by atoms with Crippen molar-refractivity contribution in [3.05, 3.63) is 35.1 Å². The monoisotopic (exact) mass is 326 g/mol. The van der Waals surface area contributed by atoms with Gasteiger partial charge in [0.05, 0.1) is 19.8 Å². The molecule has 0 saturated heterocycles. The number of nitrogens with one attached hydrogen (secondary N) is 1. The van der Waals surface area contributed by atoms with Gasteiger partial charge in [-0.25, -0.2) is 4.39 Å². The number of ether oxygens (including phenoxy) is 2. The molecule has 0 heterocycles. The minimum atomic E-state index is -0.392.